The van der Waals surface area contributed by atoms with Gasteiger partial charge in [-0.05, 0) is 30.9 Å². The van der Waals surface area contributed by atoms with Crippen molar-refractivity contribution in [2.24, 2.45) is 0 Å². The summed E-state index contributed by atoms with van der Waals surface area (Å²) in [6.45, 7) is 2.20. The maximum absolute atomic E-state index is 11.3. The van der Waals surface area contributed by atoms with Crippen LogP contribution in [0.3, 0.4) is 0 Å². The zero-order valence-corrected chi connectivity index (χ0v) is 9.78. The van der Waals surface area contributed by atoms with Crippen molar-refractivity contribution in [2.45, 2.75) is 0 Å². The highest BCUT2D eigenvalue weighted by atomic mass is 31.1. The molecule has 0 fully saturated rings. The molecule has 1 aromatic rings. The summed E-state index contributed by atoms with van der Waals surface area (Å²) in [5.74, 6) is -1.12. The lowest BCUT2D eigenvalue weighted by Crippen LogP contribution is -2.22. The number of carboxylic acids is 1. The van der Waals surface area contributed by atoms with E-state index in [9.17, 15) is 9.59 Å². The first-order chi connectivity index (χ1) is 7.63. The van der Waals surface area contributed by atoms with E-state index in [1.165, 1.54) is 12.1 Å². The second-order valence-electron chi connectivity index (χ2n) is 3.03. The third-order valence-electron chi connectivity index (χ3n) is 1.84. The van der Waals surface area contributed by atoms with Gasteiger partial charge in [0.25, 0.3) is 0 Å². The number of rotatable bonds is 5. The molecule has 0 saturated carbocycles. The Hall–Kier alpha value is -1.45. The number of carbonyl (C=O) groups excluding carboxylic acids is 1. The lowest BCUT2D eigenvalue weighted by molar-refractivity contribution is -0.115. The molecular formula is C10H13N2O3P. The summed E-state index contributed by atoms with van der Waals surface area (Å²) in [5.41, 5.74) is 0.794. The van der Waals surface area contributed by atoms with Crippen molar-refractivity contribution in [3.63, 3.8) is 0 Å². The third-order valence-corrected chi connectivity index (χ3v) is 2.37. The number of aromatic carboxylic acids is 1. The fourth-order valence-electron chi connectivity index (χ4n) is 1.07. The molecule has 0 aromatic heterocycles. The number of hydrogen-bond donors (Lipinski definition) is 3. The highest BCUT2D eigenvalue weighted by Crippen LogP contribution is 2.09. The van der Waals surface area contributed by atoms with Gasteiger partial charge in [0, 0.05) is 5.69 Å². The normalized spacial score (nSPS) is 10.6. The molecule has 3 N–H and O–H groups in total. The molecule has 1 atom stereocenters. The first kappa shape index (κ1) is 12.6. The summed E-state index contributed by atoms with van der Waals surface area (Å²) >= 11 is 0. The minimum atomic E-state index is -0.980. The minimum absolute atomic E-state index is 0.141. The van der Waals surface area contributed by atoms with E-state index in [-0.39, 0.29) is 18.0 Å². The predicted octanol–water partition coefficient (Wildman–Crippen LogP) is 1.14. The molecule has 0 aliphatic rings. The maximum Gasteiger partial charge on any atom is 0.335 e. The Morgan fingerprint density at radius 1 is 1.31 bits per heavy atom. The molecule has 1 amide bonds. The van der Waals surface area contributed by atoms with Crippen molar-refractivity contribution in [2.75, 3.05) is 18.5 Å². The van der Waals surface area contributed by atoms with Gasteiger partial charge in [0.2, 0.25) is 5.91 Å². The molecule has 16 heavy (non-hydrogen) atoms. The number of hydrogen-bond acceptors (Lipinski definition) is 3. The molecule has 0 bridgehead atoms. The van der Waals surface area contributed by atoms with Crippen LogP contribution in [0.5, 0.6) is 0 Å². The van der Waals surface area contributed by atoms with Gasteiger partial charge in [0.05, 0.1) is 12.1 Å². The molecule has 1 rings (SSSR count). The lowest BCUT2D eigenvalue weighted by Gasteiger charge is -2.05. The van der Waals surface area contributed by atoms with E-state index in [1.807, 2.05) is 6.66 Å². The van der Waals surface area contributed by atoms with Crippen LogP contribution in [0.4, 0.5) is 5.69 Å². The first-order valence-electron chi connectivity index (χ1n) is 4.66. The van der Waals surface area contributed by atoms with Crippen LogP contribution in [0, 0.1) is 0 Å². The highest BCUT2D eigenvalue weighted by molar-refractivity contribution is 7.34. The topological polar surface area (TPSA) is 78.4 Å². The Bertz CT molecular complexity index is 378. The third kappa shape index (κ3) is 3.96. The number of anilines is 1. The predicted molar refractivity (Wildman–Crippen MR) is 64.3 cm³/mol. The summed E-state index contributed by atoms with van der Waals surface area (Å²) in [6.07, 6.45) is 0. The SMILES string of the molecule is CPNCC(=O)Nc1ccc(C(=O)O)cc1. The van der Waals surface area contributed by atoms with Crippen molar-refractivity contribution in [3.05, 3.63) is 29.8 Å². The summed E-state index contributed by atoms with van der Waals surface area (Å²) in [6, 6.07) is 6.03. The summed E-state index contributed by atoms with van der Waals surface area (Å²) in [5, 5.41) is 14.2. The molecule has 5 nitrogen and oxygen atoms in total. The van der Waals surface area contributed by atoms with E-state index in [0.29, 0.717) is 14.4 Å². The number of amides is 1. The van der Waals surface area contributed by atoms with E-state index < -0.39 is 5.97 Å². The van der Waals surface area contributed by atoms with Crippen LogP contribution >= 0.6 is 8.73 Å². The Labute approximate surface area is 95.1 Å². The average Bonchev–Trinajstić information content (AvgIpc) is 2.27. The monoisotopic (exact) mass is 240 g/mol. The van der Waals surface area contributed by atoms with Crippen LogP contribution in [0.1, 0.15) is 10.4 Å². The molecule has 1 unspecified atom stereocenters. The highest BCUT2D eigenvalue weighted by Gasteiger charge is 2.03. The van der Waals surface area contributed by atoms with Crippen LogP contribution in [-0.2, 0) is 4.79 Å². The van der Waals surface area contributed by atoms with Gasteiger partial charge in [0.1, 0.15) is 0 Å². The Morgan fingerprint density at radius 2 is 1.94 bits per heavy atom. The maximum atomic E-state index is 11.3. The molecule has 0 aliphatic heterocycles. The van der Waals surface area contributed by atoms with Gasteiger partial charge in [-0.25, -0.2) is 4.79 Å². The molecule has 6 heteroatoms. The average molecular weight is 240 g/mol. The van der Waals surface area contributed by atoms with Crippen molar-refractivity contribution in [1.82, 2.24) is 5.09 Å². The second kappa shape index (κ2) is 6.20. The van der Waals surface area contributed by atoms with Gasteiger partial charge in [0.15, 0.2) is 0 Å². The van der Waals surface area contributed by atoms with Gasteiger partial charge < -0.3 is 10.4 Å². The van der Waals surface area contributed by atoms with E-state index in [4.69, 9.17) is 5.11 Å². The summed E-state index contributed by atoms with van der Waals surface area (Å²) in [7, 11) is 0.517. The summed E-state index contributed by atoms with van der Waals surface area (Å²) in [4.78, 5) is 21.9. The van der Waals surface area contributed by atoms with Gasteiger partial charge in [-0.15, -0.1) is 0 Å². The Balaban J connectivity index is 2.55. The van der Waals surface area contributed by atoms with Crippen LogP contribution < -0.4 is 10.4 Å². The Morgan fingerprint density at radius 3 is 2.44 bits per heavy atom. The molecule has 0 heterocycles. The molecule has 0 radical (unpaired) electrons. The number of nitrogens with one attached hydrogen (secondary N) is 2. The van der Waals surface area contributed by atoms with E-state index in [1.54, 1.807) is 12.1 Å². The van der Waals surface area contributed by atoms with Crippen molar-refractivity contribution in [3.8, 4) is 0 Å². The zero-order chi connectivity index (χ0) is 12.0. The molecule has 1 aromatic carbocycles. The quantitative estimate of drug-likeness (QED) is 0.674. The van der Waals surface area contributed by atoms with Crippen molar-refractivity contribution >= 4 is 26.3 Å². The standard InChI is InChI=1S/C10H13N2O3P/c1-16-11-6-9(13)12-8-4-2-7(3-5-8)10(14)15/h2-5,11,16H,6H2,1H3,(H,12,13)(H,14,15). The molecule has 0 spiro atoms. The van der Waals surface area contributed by atoms with Gasteiger partial charge >= 0.3 is 5.97 Å². The second-order valence-corrected chi connectivity index (χ2v) is 3.89. The largest absolute Gasteiger partial charge is 0.478 e. The first-order valence-corrected chi connectivity index (χ1v) is 6.16. The number of benzene rings is 1. The van der Waals surface area contributed by atoms with Crippen molar-refractivity contribution in [1.29, 1.82) is 0 Å². The molecular weight excluding hydrogens is 227 g/mol. The van der Waals surface area contributed by atoms with Gasteiger partial charge in [-0.1, -0.05) is 8.73 Å². The van der Waals surface area contributed by atoms with E-state index >= 15 is 0 Å². The zero-order valence-electron chi connectivity index (χ0n) is 8.78. The number of carbonyl (C=O) groups is 2. The minimum Gasteiger partial charge on any atom is -0.478 e. The smallest absolute Gasteiger partial charge is 0.335 e. The molecule has 86 valence electrons. The van der Waals surface area contributed by atoms with Crippen LogP contribution in [0.2, 0.25) is 0 Å². The van der Waals surface area contributed by atoms with Gasteiger partial charge in [-0.2, -0.15) is 0 Å². The summed E-state index contributed by atoms with van der Waals surface area (Å²) < 4.78 is 0. The molecule has 0 saturated heterocycles. The fourth-order valence-corrected chi connectivity index (χ4v) is 1.41. The van der Waals surface area contributed by atoms with Crippen molar-refractivity contribution < 1.29 is 14.7 Å². The van der Waals surface area contributed by atoms with Crippen LogP contribution in [0.15, 0.2) is 24.3 Å². The van der Waals surface area contributed by atoms with E-state index in [0.717, 1.165) is 0 Å². The van der Waals surface area contributed by atoms with Crippen LogP contribution in [-0.4, -0.2) is 30.2 Å². The van der Waals surface area contributed by atoms with Gasteiger partial charge in [-0.3, -0.25) is 9.88 Å². The Kier molecular flexibility index (Phi) is 4.89. The van der Waals surface area contributed by atoms with E-state index in [2.05, 4.69) is 10.4 Å². The molecule has 0 aliphatic carbocycles. The number of carboxylic acid groups (broad SMARTS) is 1. The lowest BCUT2D eigenvalue weighted by atomic mass is 10.2. The van der Waals surface area contributed by atoms with Crippen LogP contribution in [0.25, 0.3) is 0 Å². The fraction of sp³-hybridized carbons (Fsp3) is 0.200.